The molecule has 1 heterocycles. The van der Waals surface area contributed by atoms with Crippen LogP contribution in [0, 0.1) is 0 Å². The van der Waals surface area contributed by atoms with Crippen LogP contribution in [0.25, 0.3) is 0 Å². The maximum Gasteiger partial charge on any atom is 0.255 e. The van der Waals surface area contributed by atoms with Gasteiger partial charge in [-0.25, -0.2) is 0 Å². The number of likely N-dealkylation sites (N-methyl/N-ethyl adjacent to an activating group) is 1. The molecular formula is C41H46N4O8. The van der Waals surface area contributed by atoms with Crippen LogP contribution in [0.2, 0.25) is 0 Å². The molecule has 0 saturated carbocycles. The molecule has 0 bridgehead atoms. The van der Waals surface area contributed by atoms with Crippen molar-refractivity contribution < 1.29 is 38.1 Å². The Bertz CT molecular complexity index is 1820. The van der Waals surface area contributed by atoms with Gasteiger partial charge in [0.15, 0.2) is 0 Å². The zero-order chi connectivity index (χ0) is 37.4. The molecule has 0 aliphatic carbocycles. The molecular weight excluding hydrogens is 676 g/mol. The SMILES string of the molecule is COc1ccc(OCCNC(=O)[C@@H]2CCC(=O)N(C)[C@@H](Cc3ccccc3)COc3ccccc3C(=O)NCCCOc3ccccc3C(=O)N2)cc1. The predicted molar refractivity (Wildman–Crippen MR) is 200 cm³/mol. The van der Waals surface area contributed by atoms with Gasteiger partial charge >= 0.3 is 0 Å². The van der Waals surface area contributed by atoms with Crippen molar-refractivity contribution >= 4 is 23.6 Å². The number of carbonyl (C=O) groups excluding carboxylic acids is 4. The summed E-state index contributed by atoms with van der Waals surface area (Å²) in [5.41, 5.74) is 1.62. The maximum absolute atomic E-state index is 13.8. The number of amides is 4. The van der Waals surface area contributed by atoms with E-state index in [2.05, 4.69) is 16.0 Å². The largest absolute Gasteiger partial charge is 0.497 e. The minimum atomic E-state index is -1.04. The van der Waals surface area contributed by atoms with Gasteiger partial charge in [0, 0.05) is 20.0 Å². The lowest BCUT2D eigenvalue weighted by atomic mass is 10.0. The number of para-hydroxylation sites is 2. The minimum Gasteiger partial charge on any atom is -0.497 e. The number of hydrogen-bond donors (Lipinski definition) is 3. The number of benzene rings is 4. The molecule has 53 heavy (non-hydrogen) atoms. The maximum atomic E-state index is 13.8. The average molecular weight is 723 g/mol. The second kappa shape index (κ2) is 19.5. The molecule has 0 spiro atoms. The van der Waals surface area contributed by atoms with Crippen molar-refractivity contribution in [1.29, 1.82) is 0 Å². The number of hydrogen-bond acceptors (Lipinski definition) is 8. The van der Waals surface area contributed by atoms with Crippen LogP contribution in [0.5, 0.6) is 23.0 Å². The average Bonchev–Trinajstić information content (AvgIpc) is 3.19. The van der Waals surface area contributed by atoms with Crippen LogP contribution < -0.4 is 34.9 Å². The summed E-state index contributed by atoms with van der Waals surface area (Å²) in [4.78, 5) is 55.8. The molecule has 0 radical (unpaired) electrons. The summed E-state index contributed by atoms with van der Waals surface area (Å²) in [6.45, 7) is 1.00. The number of rotatable bonds is 8. The van der Waals surface area contributed by atoms with Gasteiger partial charge in [0.05, 0.1) is 37.4 Å². The van der Waals surface area contributed by atoms with Crippen LogP contribution in [0.1, 0.15) is 45.5 Å². The van der Waals surface area contributed by atoms with E-state index in [9.17, 15) is 19.2 Å². The van der Waals surface area contributed by atoms with Crippen molar-refractivity contribution in [3.05, 3.63) is 120 Å². The smallest absolute Gasteiger partial charge is 0.255 e. The Morgan fingerprint density at radius 1 is 0.830 bits per heavy atom. The topological polar surface area (TPSA) is 145 Å². The lowest BCUT2D eigenvalue weighted by Crippen LogP contribution is -2.48. The summed E-state index contributed by atoms with van der Waals surface area (Å²) in [6, 6.07) is 29.1. The van der Waals surface area contributed by atoms with Gasteiger partial charge in [-0.15, -0.1) is 0 Å². The molecule has 1 aliphatic heterocycles. The summed E-state index contributed by atoms with van der Waals surface area (Å²) >= 11 is 0. The molecule has 5 rings (SSSR count). The van der Waals surface area contributed by atoms with Gasteiger partial charge in [0.2, 0.25) is 11.8 Å². The van der Waals surface area contributed by atoms with Crippen molar-refractivity contribution in [3.8, 4) is 23.0 Å². The lowest BCUT2D eigenvalue weighted by Gasteiger charge is -2.29. The third kappa shape index (κ3) is 11.2. The number of ether oxygens (including phenoxy) is 4. The fourth-order valence-corrected chi connectivity index (χ4v) is 5.78. The Balaban J connectivity index is 1.35. The van der Waals surface area contributed by atoms with E-state index in [-0.39, 0.29) is 56.6 Å². The highest BCUT2D eigenvalue weighted by molar-refractivity contribution is 6.00. The molecule has 1 aliphatic rings. The van der Waals surface area contributed by atoms with Gasteiger partial charge in [-0.2, -0.15) is 0 Å². The van der Waals surface area contributed by atoms with E-state index in [0.29, 0.717) is 47.9 Å². The molecule has 0 unspecified atom stereocenters. The molecule has 2 atom stereocenters. The van der Waals surface area contributed by atoms with Crippen molar-refractivity contribution in [3.63, 3.8) is 0 Å². The molecule has 12 heteroatoms. The number of methoxy groups -OCH3 is 1. The summed E-state index contributed by atoms with van der Waals surface area (Å²) in [5, 5.41) is 8.58. The number of carbonyl (C=O) groups is 4. The van der Waals surface area contributed by atoms with Gasteiger partial charge in [-0.1, -0.05) is 54.6 Å². The van der Waals surface area contributed by atoms with E-state index in [4.69, 9.17) is 18.9 Å². The predicted octanol–water partition coefficient (Wildman–Crippen LogP) is 4.43. The first-order valence-electron chi connectivity index (χ1n) is 17.7. The summed E-state index contributed by atoms with van der Waals surface area (Å²) in [6.07, 6.45) is 0.953. The number of nitrogens with one attached hydrogen (secondary N) is 3. The van der Waals surface area contributed by atoms with E-state index in [1.807, 2.05) is 30.3 Å². The Morgan fingerprint density at radius 3 is 2.19 bits per heavy atom. The highest BCUT2D eigenvalue weighted by atomic mass is 16.5. The summed E-state index contributed by atoms with van der Waals surface area (Å²) in [5.74, 6) is 0.526. The molecule has 4 aromatic carbocycles. The molecule has 4 aromatic rings. The zero-order valence-electron chi connectivity index (χ0n) is 30.0. The Kier molecular flexibility index (Phi) is 14.1. The van der Waals surface area contributed by atoms with Crippen molar-refractivity contribution in [2.45, 2.75) is 37.8 Å². The first kappa shape index (κ1) is 38.2. The number of fused-ring (bicyclic) bond motifs is 2. The molecule has 0 saturated heterocycles. The van der Waals surface area contributed by atoms with E-state index in [0.717, 1.165) is 5.56 Å². The highest BCUT2D eigenvalue weighted by Crippen LogP contribution is 2.22. The summed E-state index contributed by atoms with van der Waals surface area (Å²) < 4.78 is 23.1. The highest BCUT2D eigenvalue weighted by Gasteiger charge is 2.27. The van der Waals surface area contributed by atoms with Crippen molar-refractivity contribution in [2.75, 3.05) is 47.1 Å². The zero-order valence-corrected chi connectivity index (χ0v) is 30.0. The second-order valence-electron chi connectivity index (χ2n) is 12.5. The Labute approximate surface area is 309 Å². The molecule has 4 amide bonds. The molecule has 278 valence electrons. The van der Waals surface area contributed by atoms with E-state index >= 15 is 0 Å². The van der Waals surface area contributed by atoms with Crippen molar-refractivity contribution in [1.82, 2.24) is 20.9 Å². The third-order valence-corrected chi connectivity index (χ3v) is 8.81. The lowest BCUT2D eigenvalue weighted by molar-refractivity contribution is -0.133. The standard InChI is InChI=1S/C41H46N4O8/c1-45-30(27-29-11-4-3-5-12-29)28-53-37-16-9-6-13-33(37)39(47)42-23-10-25-52-36-15-8-7-14-34(36)40(48)44-35(21-22-38(45)46)41(49)43-24-26-51-32-19-17-31(50-2)18-20-32/h3-9,11-20,30,35H,10,21-28H2,1-2H3,(H,42,47)(H,43,49)(H,44,48)/t30-,35-/m0/s1. The van der Waals surface area contributed by atoms with E-state index in [1.165, 1.54) is 0 Å². The van der Waals surface area contributed by atoms with Crippen LogP contribution >= 0.6 is 0 Å². The first-order valence-corrected chi connectivity index (χ1v) is 17.7. The van der Waals surface area contributed by atoms with Gasteiger partial charge < -0.3 is 39.8 Å². The number of nitrogens with zero attached hydrogens (tertiary/aromatic N) is 1. The fourth-order valence-electron chi connectivity index (χ4n) is 5.78. The van der Waals surface area contributed by atoms with E-state index in [1.54, 1.807) is 91.9 Å². The second-order valence-corrected chi connectivity index (χ2v) is 12.5. The molecule has 12 nitrogen and oxygen atoms in total. The third-order valence-electron chi connectivity index (χ3n) is 8.81. The fraction of sp³-hybridized carbons (Fsp3) is 0.317. The van der Waals surface area contributed by atoms with Crippen LogP contribution in [-0.2, 0) is 16.0 Å². The summed E-state index contributed by atoms with van der Waals surface area (Å²) in [7, 11) is 3.28. The molecule has 0 fully saturated rings. The normalized spacial score (nSPS) is 17.4. The van der Waals surface area contributed by atoms with Crippen LogP contribution in [-0.4, -0.2) is 87.7 Å². The quantitative estimate of drug-likeness (QED) is 0.227. The van der Waals surface area contributed by atoms with Gasteiger partial charge in [0.1, 0.15) is 42.3 Å². The Hall–Kier alpha value is -6.04. The van der Waals surface area contributed by atoms with Gasteiger partial charge in [0.25, 0.3) is 11.8 Å². The minimum absolute atomic E-state index is 0.0328. The first-order chi connectivity index (χ1) is 25.8. The molecule has 0 aromatic heterocycles. The van der Waals surface area contributed by atoms with E-state index < -0.39 is 23.9 Å². The van der Waals surface area contributed by atoms with Crippen LogP contribution in [0.4, 0.5) is 0 Å². The molecule has 3 N–H and O–H groups in total. The van der Waals surface area contributed by atoms with Crippen LogP contribution in [0.15, 0.2) is 103 Å². The van der Waals surface area contributed by atoms with Gasteiger partial charge in [-0.3, -0.25) is 19.2 Å². The Morgan fingerprint density at radius 2 is 1.47 bits per heavy atom. The van der Waals surface area contributed by atoms with Gasteiger partial charge in [-0.05, 0) is 73.4 Å². The van der Waals surface area contributed by atoms with Crippen LogP contribution in [0.3, 0.4) is 0 Å². The van der Waals surface area contributed by atoms with Crippen molar-refractivity contribution in [2.24, 2.45) is 0 Å². The monoisotopic (exact) mass is 722 g/mol.